The summed E-state index contributed by atoms with van der Waals surface area (Å²) in [4.78, 5) is 12.1. The second-order valence-electron chi connectivity index (χ2n) is 12.2. The summed E-state index contributed by atoms with van der Waals surface area (Å²) in [5, 5.41) is 22.8. The summed E-state index contributed by atoms with van der Waals surface area (Å²) < 4.78 is 3.50. The van der Waals surface area contributed by atoms with Gasteiger partial charge >= 0.3 is 5.97 Å². The Hall–Kier alpha value is -3.74. The van der Waals surface area contributed by atoms with Crippen molar-refractivity contribution in [1.29, 1.82) is 0 Å². The van der Waals surface area contributed by atoms with E-state index in [0.29, 0.717) is 0 Å². The van der Waals surface area contributed by atoms with Crippen molar-refractivity contribution >= 4 is 5.97 Å². The molecule has 2 atom stereocenters. The molecule has 0 bridgehead atoms. The predicted octanol–water partition coefficient (Wildman–Crippen LogP) is 6.79. The smallest absolute Gasteiger partial charge is 0.339 e. The third-order valence-corrected chi connectivity index (χ3v) is 8.90. The largest absolute Gasteiger partial charge is 0.478 e. The molecule has 2 saturated carbocycles. The quantitative estimate of drug-likeness (QED) is 0.275. The standard InChI is InChI=1S/C32H37N5O2/c1-32(2,24-12-5-4-6-13-24)18-21-9-7-10-22(15-21)23-11-8-14-25(16-23)37-30(28(19-33-37)31(38)39)27-17-26(27)29-20-36(3)35-34-29/h7-11,14-16,19-20,24,26-27H,4-6,12-13,17-18H2,1-3H3,(H,38,39)/t26-,27-/m1/s1. The van der Waals surface area contributed by atoms with Crippen LogP contribution in [-0.2, 0) is 13.5 Å². The third-order valence-electron chi connectivity index (χ3n) is 8.90. The highest BCUT2D eigenvalue weighted by Gasteiger charge is 2.46. The van der Waals surface area contributed by atoms with Crippen LogP contribution in [0.2, 0.25) is 0 Å². The van der Waals surface area contributed by atoms with Gasteiger partial charge in [-0.3, -0.25) is 4.68 Å². The van der Waals surface area contributed by atoms with E-state index in [4.69, 9.17) is 0 Å². The molecule has 7 heteroatoms. The van der Waals surface area contributed by atoms with Gasteiger partial charge in [-0.05, 0) is 65.8 Å². The molecule has 0 unspecified atom stereocenters. The minimum Gasteiger partial charge on any atom is -0.478 e. The summed E-state index contributed by atoms with van der Waals surface area (Å²) in [6.07, 6.45) is 12.1. The van der Waals surface area contributed by atoms with Gasteiger partial charge in [0.05, 0.1) is 23.3 Å². The molecule has 0 amide bonds. The second kappa shape index (κ2) is 10.1. The van der Waals surface area contributed by atoms with Crippen LogP contribution >= 0.6 is 0 Å². The third kappa shape index (κ3) is 5.14. The van der Waals surface area contributed by atoms with E-state index in [1.165, 1.54) is 49.4 Å². The molecule has 2 heterocycles. The van der Waals surface area contributed by atoms with Crippen molar-refractivity contribution in [1.82, 2.24) is 24.8 Å². The number of aromatic nitrogens is 5. The highest BCUT2D eigenvalue weighted by atomic mass is 16.4. The zero-order valence-corrected chi connectivity index (χ0v) is 23.0. The molecule has 0 radical (unpaired) electrons. The number of benzene rings is 2. The number of carboxylic acid groups (broad SMARTS) is 1. The van der Waals surface area contributed by atoms with E-state index in [0.717, 1.165) is 41.4 Å². The second-order valence-corrected chi connectivity index (χ2v) is 12.2. The van der Waals surface area contributed by atoms with Crippen molar-refractivity contribution in [3.8, 4) is 16.8 Å². The van der Waals surface area contributed by atoms with Gasteiger partial charge in [-0.15, -0.1) is 5.10 Å². The van der Waals surface area contributed by atoms with Crippen LogP contribution in [0.3, 0.4) is 0 Å². The van der Waals surface area contributed by atoms with Crippen molar-refractivity contribution in [2.75, 3.05) is 0 Å². The van der Waals surface area contributed by atoms with Gasteiger partial charge < -0.3 is 5.11 Å². The fourth-order valence-electron chi connectivity index (χ4n) is 6.68. The molecule has 1 N–H and O–H groups in total. The number of hydrogen-bond donors (Lipinski definition) is 1. The van der Waals surface area contributed by atoms with E-state index in [-0.39, 0.29) is 22.8 Å². The van der Waals surface area contributed by atoms with Crippen molar-refractivity contribution in [2.24, 2.45) is 18.4 Å². The minimum atomic E-state index is -0.953. The number of rotatable bonds is 8. The molecule has 2 aromatic carbocycles. The number of aromatic carboxylic acids is 1. The van der Waals surface area contributed by atoms with Crippen LogP contribution in [-0.4, -0.2) is 35.9 Å². The topological polar surface area (TPSA) is 85.8 Å². The molecular weight excluding hydrogens is 486 g/mol. The Morgan fingerprint density at radius 1 is 1.03 bits per heavy atom. The first kappa shape index (κ1) is 25.5. The highest BCUT2D eigenvalue weighted by molar-refractivity contribution is 5.89. The molecule has 2 aromatic heterocycles. The van der Waals surface area contributed by atoms with Crippen molar-refractivity contribution < 1.29 is 9.90 Å². The normalized spacial score (nSPS) is 19.8. The van der Waals surface area contributed by atoms with E-state index >= 15 is 0 Å². The summed E-state index contributed by atoms with van der Waals surface area (Å²) >= 11 is 0. The maximum absolute atomic E-state index is 12.1. The summed E-state index contributed by atoms with van der Waals surface area (Å²) in [5.74, 6) is 0.0300. The molecular formula is C32H37N5O2. The molecule has 0 spiro atoms. The van der Waals surface area contributed by atoms with Crippen LogP contribution in [0.4, 0.5) is 0 Å². The summed E-state index contributed by atoms with van der Waals surface area (Å²) in [7, 11) is 1.85. The monoisotopic (exact) mass is 523 g/mol. The maximum atomic E-state index is 12.1. The highest BCUT2D eigenvalue weighted by Crippen LogP contribution is 2.55. The van der Waals surface area contributed by atoms with Gasteiger partial charge in [0, 0.05) is 25.1 Å². The van der Waals surface area contributed by atoms with Gasteiger partial charge in [-0.1, -0.05) is 74.7 Å². The molecule has 7 nitrogen and oxygen atoms in total. The summed E-state index contributed by atoms with van der Waals surface area (Å²) in [6, 6.07) is 17.2. The first-order valence-electron chi connectivity index (χ1n) is 14.2. The van der Waals surface area contributed by atoms with Crippen LogP contribution in [0.25, 0.3) is 16.8 Å². The van der Waals surface area contributed by atoms with Gasteiger partial charge in [0.1, 0.15) is 5.56 Å². The fraction of sp³-hybridized carbons (Fsp3) is 0.438. The maximum Gasteiger partial charge on any atom is 0.339 e. The van der Waals surface area contributed by atoms with Gasteiger partial charge in [-0.25, -0.2) is 9.48 Å². The van der Waals surface area contributed by atoms with E-state index in [9.17, 15) is 9.90 Å². The molecule has 0 saturated heterocycles. The molecule has 39 heavy (non-hydrogen) atoms. The van der Waals surface area contributed by atoms with Gasteiger partial charge in [0.2, 0.25) is 0 Å². The lowest BCUT2D eigenvalue weighted by Gasteiger charge is -2.37. The molecule has 2 aliphatic rings. The predicted molar refractivity (Wildman–Crippen MR) is 151 cm³/mol. The van der Waals surface area contributed by atoms with Crippen molar-refractivity contribution in [3.63, 3.8) is 0 Å². The molecule has 6 rings (SSSR count). The Kier molecular flexibility index (Phi) is 6.61. The molecule has 2 aliphatic carbocycles. The van der Waals surface area contributed by atoms with Gasteiger partial charge in [0.15, 0.2) is 0 Å². The summed E-state index contributed by atoms with van der Waals surface area (Å²) in [5.41, 5.74) is 6.67. The average molecular weight is 524 g/mol. The van der Waals surface area contributed by atoms with E-state index in [1.54, 1.807) is 4.68 Å². The summed E-state index contributed by atoms with van der Waals surface area (Å²) in [6.45, 7) is 4.86. The van der Waals surface area contributed by atoms with E-state index in [2.05, 4.69) is 65.7 Å². The molecule has 4 aromatic rings. The fourth-order valence-corrected chi connectivity index (χ4v) is 6.68. The number of carboxylic acids is 1. The van der Waals surface area contributed by atoms with Crippen LogP contribution in [0.15, 0.2) is 60.9 Å². The first-order valence-corrected chi connectivity index (χ1v) is 14.2. The van der Waals surface area contributed by atoms with Gasteiger partial charge in [0.25, 0.3) is 0 Å². The molecule has 0 aliphatic heterocycles. The van der Waals surface area contributed by atoms with E-state index in [1.807, 2.05) is 30.1 Å². The Morgan fingerprint density at radius 3 is 2.49 bits per heavy atom. The number of carbonyl (C=O) groups is 1. The van der Waals surface area contributed by atoms with Crippen LogP contribution in [0.1, 0.15) is 91.5 Å². The van der Waals surface area contributed by atoms with Crippen LogP contribution in [0.5, 0.6) is 0 Å². The van der Waals surface area contributed by atoms with E-state index < -0.39 is 5.97 Å². The zero-order valence-electron chi connectivity index (χ0n) is 23.0. The van der Waals surface area contributed by atoms with Gasteiger partial charge in [-0.2, -0.15) is 5.10 Å². The molecule has 202 valence electrons. The van der Waals surface area contributed by atoms with Crippen molar-refractivity contribution in [3.05, 3.63) is 83.4 Å². The van der Waals surface area contributed by atoms with Crippen molar-refractivity contribution in [2.45, 2.75) is 70.6 Å². The lowest BCUT2D eigenvalue weighted by molar-refractivity contribution is 0.0695. The van der Waals surface area contributed by atoms with Crippen LogP contribution < -0.4 is 0 Å². The Morgan fingerprint density at radius 2 is 1.77 bits per heavy atom. The Balaban J connectivity index is 1.29. The van der Waals surface area contributed by atoms with Crippen LogP contribution in [0, 0.1) is 11.3 Å². The first-order chi connectivity index (χ1) is 18.8. The Bertz CT molecular complexity index is 1490. The minimum absolute atomic E-state index is 0.0457. The lowest BCUT2D eigenvalue weighted by Crippen LogP contribution is -2.28. The number of hydrogen-bond acceptors (Lipinski definition) is 4. The Labute approximate surface area is 229 Å². The average Bonchev–Trinajstić information content (AvgIpc) is 3.38. The zero-order chi connectivity index (χ0) is 27.1. The SMILES string of the molecule is Cn1cc([C@@H]2C[C@H]2c2c(C(=O)O)cnn2-c2cccc(-c3cccc(CC(C)(C)C4CCCCC4)c3)c2)nn1. The lowest BCUT2D eigenvalue weighted by atomic mass is 9.68. The molecule has 2 fully saturated rings. The number of nitrogens with zero attached hydrogens (tertiary/aromatic N) is 5. The number of aryl methyl sites for hydroxylation is 1.